The molecular weight excluding hydrogens is 310 g/mol. The highest BCUT2D eigenvalue weighted by molar-refractivity contribution is 7.99. The molecule has 0 saturated heterocycles. The van der Waals surface area contributed by atoms with E-state index in [1.807, 2.05) is 0 Å². The van der Waals surface area contributed by atoms with E-state index >= 15 is 0 Å². The number of rotatable bonds is 8. The summed E-state index contributed by atoms with van der Waals surface area (Å²) in [6, 6.07) is 2.46. The molecule has 0 spiro atoms. The first-order valence-corrected chi connectivity index (χ1v) is 7.90. The van der Waals surface area contributed by atoms with Crippen LogP contribution in [0.15, 0.2) is 30.9 Å². The van der Waals surface area contributed by atoms with Crippen molar-refractivity contribution in [3.8, 4) is 0 Å². The molecule has 0 aliphatic rings. The van der Waals surface area contributed by atoms with Gasteiger partial charge in [0.25, 0.3) is 0 Å². The summed E-state index contributed by atoms with van der Waals surface area (Å²) in [4.78, 5) is 11.6. The van der Waals surface area contributed by atoms with E-state index < -0.39 is 23.3 Å². The van der Waals surface area contributed by atoms with Crippen LogP contribution < -0.4 is 10.6 Å². The molecule has 22 heavy (non-hydrogen) atoms. The minimum atomic E-state index is -1.63. The highest BCUT2D eigenvalue weighted by Crippen LogP contribution is 2.23. The summed E-state index contributed by atoms with van der Waals surface area (Å²) in [6.45, 7) is 5.22. The van der Waals surface area contributed by atoms with Crippen molar-refractivity contribution in [3.63, 3.8) is 0 Å². The largest absolute Gasteiger partial charge is 0.383 e. The Labute approximate surface area is 133 Å². The van der Waals surface area contributed by atoms with Gasteiger partial charge in [-0.3, -0.25) is 0 Å². The van der Waals surface area contributed by atoms with Gasteiger partial charge in [-0.25, -0.2) is 13.6 Å². The predicted molar refractivity (Wildman–Crippen MR) is 84.9 cm³/mol. The number of thioether (sulfide) groups is 1. The average Bonchev–Trinajstić information content (AvgIpc) is 2.44. The van der Waals surface area contributed by atoms with Crippen molar-refractivity contribution >= 4 is 17.8 Å². The smallest absolute Gasteiger partial charge is 0.314 e. The van der Waals surface area contributed by atoms with Crippen LogP contribution in [-0.2, 0) is 5.60 Å². The minimum Gasteiger partial charge on any atom is -0.383 e. The van der Waals surface area contributed by atoms with Gasteiger partial charge in [0.2, 0.25) is 0 Å². The summed E-state index contributed by atoms with van der Waals surface area (Å²) in [5, 5.41) is 15.3. The normalized spacial score (nSPS) is 13.3. The molecule has 4 nitrogen and oxygen atoms in total. The molecule has 3 N–H and O–H groups in total. The Kier molecular flexibility index (Phi) is 7.34. The number of aliphatic hydroxyl groups is 1. The van der Waals surface area contributed by atoms with Crippen LogP contribution >= 0.6 is 11.8 Å². The molecule has 0 aliphatic carbocycles. The molecule has 1 unspecified atom stereocenters. The maximum Gasteiger partial charge on any atom is 0.314 e. The summed E-state index contributed by atoms with van der Waals surface area (Å²) < 4.78 is 26.5. The van der Waals surface area contributed by atoms with E-state index in [2.05, 4.69) is 17.2 Å². The van der Waals surface area contributed by atoms with Gasteiger partial charge in [0.1, 0.15) is 17.2 Å². The van der Waals surface area contributed by atoms with Gasteiger partial charge in [-0.05, 0) is 13.0 Å². The van der Waals surface area contributed by atoms with Gasteiger partial charge in [0.15, 0.2) is 0 Å². The van der Waals surface area contributed by atoms with E-state index in [0.717, 1.165) is 23.6 Å². The van der Waals surface area contributed by atoms with Gasteiger partial charge < -0.3 is 15.7 Å². The SMILES string of the molecule is C=CCSCCNC(=O)NCC(C)(O)c1ccc(F)cc1F. The van der Waals surface area contributed by atoms with Crippen LogP contribution in [0.25, 0.3) is 0 Å². The lowest BCUT2D eigenvalue weighted by molar-refractivity contribution is 0.0555. The Balaban J connectivity index is 2.44. The lowest BCUT2D eigenvalue weighted by atomic mass is 9.95. The average molecular weight is 330 g/mol. The van der Waals surface area contributed by atoms with E-state index in [9.17, 15) is 18.7 Å². The molecule has 1 atom stereocenters. The number of benzene rings is 1. The van der Waals surface area contributed by atoms with Crippen molar-refractivity contribution < 1.29 is 18.7 Å². The predicted octanol–water partition coefficient (Wildman–Crippen LogP) is 2.39. The number of nitrogens with one attached hydrogen (secondary N) is 2. The number of hydrogen-bond acceptors (Lipinski definition) is 3. The fraction of sp³-hybridized carbons (Fsp3) is 0.400. The van der Waals surface area contributed by atoms with Gasteiger partial charge >= 0.3 is 6.03 Å². The Hall–Kier alpha value is -1.60. The standard InChI is InChI=1S/C15H20F2N2O2S/c1-3-7-22-8-6-18-14(20)19-10-15(2,21)12-5-4-11(16)9-13(12)17/h3-5,9,21H,1,6-8,10H2,2H3,(H2,18,19,20). The topological polar surface area (TPSA) is 61.4 Å². The number of carbonyl (C=O) groups excluding carboxylic acids is 1. The molecule has 0 fully saturated rings. The van der Waals surface area contributed by atoms with Gasteiger partial charge in [-0.2, -0.15) is 11.8 Å². The molecule has 7 heteroatoms. The zero-order chi connectivity index (χ0) is 16.6. The summed E-state index contributed by atoms with van der Waals surface area (Å²) in [6.07, 6.45) is 1.78. The molecule has 0 saturated carbocycles. The van der Waals surface area contributed by atoms with Crippen LogP contribution in [-0.4, -0.2) is 35.7 Å². The Morgan fingerprint density at radius 2 is 2.18 bits per heavy atom. The number of amides is 2. The van der Waals surface area contributed by atoms with E-state index in [1.165, 1.54) is 6.92 Å². The molecular formula is C15H20F2N2O2S. The van der Waals surface area contributed by atoms with Crippen molar-refractivity contribution in [2.75, 3.05) is 24.6 Å². The van der Waals surface area contributed by atoms with E-state index in [4.69, 9.17) is 0 Å². The summed E-state index contributed by atoms with van der Waals surface area (Å²) in [5.41, 5.74) is -1.71. The molecule has 0 radical (unpaired) electrons. The Morgan fingerprint density at radius 1 is 1.45 bits per heavy atom. The second-order valence-corrected chi connectivity index (χ2v) is 6.02. The molecule has 1 rings (SSSR count). The van der Waals surface area contributed by atoms with Crippen molar-refractivity contribution in [3.05, 3.63) is 48.1 Å². The molecule has 1 aromatic rings. The third kappa shape index (κ3) is 6.03. The van der Waals surface area contributed by atoms with Crippen LogP contribution in [0.1, 0.15) is 12.5 Å². The number of urea groups is 1. The number of carbonyl (C=O) groups is 1. The zero-order valence-electron chi connectivity index (χ0n) is 12.4. The van der Waals surface area contributed by atoms with Gasteiger partial charge in [-0.15, -0.1) is 6.58 Å². The highest BCUT2D eigenvalue weighted by atomic mass is 32.2. The van der Waals surface area contributed by atoms with Crippen LogP contribution in [0.4, 0.5) is 13.6 Å². The third-order valence-corrected chi connectivity index (χ3v) is 3.84. The van der Waals surface area contributed by atoms with Crippen LogP contribution in [0, 0.1) is 11.6 Å². The first-order valence-electron chi connectivity index (χ1n) is 6.75. The summed E-state index contributed by atoms with van der Waals surface area (Å²) in [7, 11) is 0. The lowest BCUT2D eigenvalue weighted by Crippen LogP contribution is -2.44. The van der Waals surface area contributed by atoms with Gasteiger partial charge in [0, 0.05) is 29.7 Å². The van der Waals surface area contributed by atoms with Crippen molar-refractivity contribution in [1.82, 2.24) is 10.6 Å². The first kappa shape index (κ1) is 18.4. The summed E-state index contributed by atoms with van der Waals surface area (Å²) in [5.74, 6) is -0.0302. The zero-order valence-corrected chi connectivity index (χ0v) is 13.2. The first-order chi connectivity index (χ1) is 10.4. The second kappa shape index (κ2) is 8.75. The highest BCUT2D eigenvalue weighted by Gasteiger charge is 2.27. The quantitative estimate of drug-likeness (QED) is 0.507. The van der Waals surface area contributed by atoms with E-state index in [0.29, 0.717) is 12.6 Å². The van der Waals surface area contributed by atoms with Gasteiger partial charge in [0.05, 0.1) is 6.54 Å². The van der Waals surface area contributed by atoms with Crippen LogP contribution in [0.3, 0.4) is 0 Å². The molecule has 0 aromatic heterocycles. The van der Waals surface area contributed by atoms with Crippen LogP contribution in [0.2, 0.25) is 0 Å². The maximum absolute atomic E-state index is 13.7. The number of halogens is 2. The monoisotopic (exact) mass is 330 g/mol. The van der Waals surface area contributed by atoms with Crippen molar-refractivity contribution in [2.24, 2.45) is 0 Å². The third-order valence-electron chi connectivity index (χ3n) is 2.87. The fourth-order valence-electron chi connectivity index (χ4n) is 1.74. The maximum atomic E-state index is 13.7. The molecule has 122 valence electrons. The molecule has 0 aliphatic heterocycles. The molecule has 0 heterocycles. The Bertz CT molecular complexity index is 524. The lowest BCUT2D eigenvalue weighted by Gasteiger charge is -2.24. The molecule has 2 amide bonds. The van der Waals surface area contributed by atoms with E-state index in [-0.39, 0.29) is 12.1 Å². The second-order valence-electron chi connectivity index (χ2n) is 4.87. The van der Waals surface area contributed by atoms with E-state index in [1.54, 1.807) is 17.8 Å². The molecule has 0 bridgehead atoms. The van der Waals surface area contributed by atoms with Crippen molar-refractivity contribution in [1.29, 1.82) is 0 Å². The Morgan fingerprint density at radius 3 is 2.82 bits per heavy atom. The minimum absolute atomic E-state index is 0.0734. The van der Waals surface area contributed by atoms with Crippen LogP contribution in [0.5, 0.6) is 0 Å². The summed E-state index contributed by atoms with van der Waals surface area (Å²) >= 11 is 1.62. The fourth-order valence-corrected chi connectivity index (χ4v) is 2.32. The molecule has 1 aromatic carbocycles. The van der Waals surface area contributed by atoms with Gasteiger partial charge in [-0.1, -0.05) is 12.1 Å². The number of hydrogen-bond donors (Lipinski definition) is 3. The van der Waals surface area contributed by atoms with Crippen molar-refractivity contribution in [2.45, 2.75) is 12.5 Å².